The Kier molecular flexibility index (Phi) is 7.74. The lowest BCUT2D eigenvalue weighted by atomic mass is 9.94. The second-order valence-corrected chi connectivity index (χ2v) is 14.1. The van der Waals surface area contributed by atoms with Crippen LogP contribution in [0.2, 0.25) is 5.02 Å². The minimum atomic E-state index is -3.84. The molecule has 0 amide bonds. The third-order valence-corrected chi connectivity index (χ3v) is 11.0. The maximum atomic E-state index is 13.7. The standard InChI is InChI=1S/C25H33ClN2O4S2/c1-19-15-20(2)17-27(16-19)33(29,30)23-11-13-24(14-12-23)34(31,32)28(22-8-4-5-9-22)18-21-7-3-6-10-25(21)26/h3,6-7,10-14,19-20,22H,4-5,8-9,15-18H2,1-2H3. The summed E-state index contributed by atoms with van der Waals surface area (Å²) < 4.78 is 56.9. The van der Waals surface area contributed by atoms with E-state index in [-0.39, 0.29) is 22.4 Å². The predicted octanol–water partition coefficient (Wildman–Crippen LogP) is 5.14. The van der Waals surface area contributed by atoms with Crippen molar-refractivity contribution in [1.29, 1.82) is 0 Å². The van der Waals surface area contributed by atoms with E-state index >= 15 is 0 Å². The molecular formula is C25H33ClN2O4S2. The van der Waals surface area contributed by atoms with Gasteiger partial charge in [-0.25, -0.2) is 16.8 Å². The van der Waals surface area contributed by atoms with Gasteiger partial charge in [0.1, 0.15) is 0 Å². The van der Waals surface area contributed by atoms with Gasteiger partial charge in [0.05, 0.1) is 9.79 Å². The summed E-state index contributed by atoms with van der Waals surface area (Å²) in [7, 11) is -7.51. The molecule has 1 aliphatic carbocycles. The number of hydrogen-bond acceptors (Lipinski definition) is 4. The number of nitrogens with zero attached hydrogens (tertiary/aromatic N) is 2. The van der Waals surface area contributed by atoms with Crippen LogP contribution < -0.4 is 0 Å². The molecule has 186 valence electrons. The van der Waals surface area contributed by atoms with Crippen LogP contribution in [0.25, 0.3) is 0 Å². The van der Waals surface area contributed by atoms with Gasteiger partial charge >= 0.3 is 0 Å². The minimum Gasteiger partial charge on any atom is -0.207 e. The van der Waals surface area contributed by atoms with E-state index in [1.165, 1.54) is 28.6 Å². The number of sulfonamides is 2. The number of benzene rings is 2. The van der Waals surface area contributed by atoms with E-state index in [9.17, 15) is 16.8 Å². The van der Waals surface area contributed by atoms with Gasteiger partial charge in [-0.3, -0.25) is 0 Å². The second kappa shape index (κ2) is 10.3. The maximum absolute atomic E-state index is 13.7. The van der Waals surface area contributed by atoms with Gasteiger partial charge in [0.15, 0.2) is 0 Å². The van der Waals surface area contributed by atoms with Gasteiger partial charge in [-0.05, 0) is 67.0 Å². The van der Waals surface area contributed by atoms with Gasteiger partial charge in [-0.15, -0.1) is 0 Å². The van der Waals surface area contributed by atoms with Gasteiger partial charge in [0.25, 0.3) is 0 Å². The quantitative estimate of drug-likeness (QED) is 0.502. The average Bonchev–Trinajstić information content (AvgIpc) is 3.32. The van der Waals surface area contributed by atoms with Gasteiger partial charge < -0.3 is 0 Å². The fraction of sp³-hybridized carbons (Fsp3) is 0.520. The lowest BCUT2D eigenvalue weighted by Crippen LogP contribution is -2.42. The van der Waals surface area contributed by atoms with Crippen LogP contribution in [0.4, 0.5) is 0 Å². The SMILES string of the molecule is CC1CC(C)CN(S(=O)(=O)c2ccc(S(=O)(=O)N(Cc3ccccc3Cl)C3CCCC3)cc2)C1. The highest BCUT2D eigenvalue weighted by atomic mass is 35.5. The number of hydrogen-bond donors (Lipinski definition) is 0. The van der Waals surface area contributed by atoms with Crippen LogP contribution in [0.1, 0.15) is 51.5 Å². The average molecular weight is 525 g/mol. The molecule has 2 atom stereocenters. The monoisotopic (exact) mass is 524 g/mol. The van der Waals surface area contributed by atoms with Gasteiger partial charge in [-0.1, -0.05) is 56.5 Å². The number of piperidine rings is 1. The molecule has 4 rings (SSSR count). The zero-order valence-corrected chi connectivity index (χ0v) is 22.1. The van der Waals surface area contributed by atoms with Crippen LogP contribution in [0.3, 0.4) is 0 Å². The van der Waals surface area contributed by atoms with Crippen LogP contribution in [0.15, 0.2) is 58.3 Å². The molecule has 2 unspecified atom stereocenters. The summed E-state index contributed by atoms with van der Waals surface area (Å²) in [5.41, 5.74) is 0.757. The molecule has 34 heavy (non-hydrogen) atoms. The number of rotatable bonds is 7. The Labute approximate surface area is 209 Å². The fourth-order valence-electron chi connectivity index (χ4n) is 5.27. The molecule has 0 spiro atoms. The van der Waals surface area contributed by atoms with Crippen molar-refractivity contribution in [2.75, 3.05) is 13.1 Å². The molecule has 2 aromatic carbocycles. The zero-order chi connectivity index (χ0) is 24.5. The largest absolute Gasteiger partial charge is 0.243 e. The Morgan fingerprint density at radius 1 is 0.882 bits per heavy atom. The van der Waals surface area contributed by atoms with Crippen LogP contribution in [-0.4, -0.2) is 44.6 Å². The maximum Gasteiger partial charge on any atom is 0.243 e. The molecule has 1 saturated heterocycles. The Bertz CT molecular complexity index is 1200. The fourth-order valence-corrected chi connectivity index (χ4v) is 8.81. The van der Waals surface area contributed by atoms with E-state index in [1.54, 1.807) is 10.4 Å². The van der Waals surface area contributed by atoms with Crippen LogP contribution in [0, 0.1) is 11.8 Å². The van der Waals surface area contributed by atoms with Crippen molar-refractivity contribution in [2.45, 2.75) is 68.3 Å². The van der Waals surface area contributed by atoms with Crippen LogP contribution in [-0.2, 0) is 26.6 Å². The highest BCUT2D eigenvalue weighted by Crippen LogP contribution is 2.33. The molecular weight excluding hydrogens is 492 g/mol. The van der Waals surface area contributed by atoms with Gasteiger partial charge in [0, 0.05) is 30.7 Å². The first-order valence-electron chi connectivity index (χ1n) is 11.9. The van der Waals surface area contributed by atoms with Crippen LogP contribution >= 0.6 is 11.6 Å². The van der Waals surface area contributed by atoms with Crippen molar-refractivity contribution in [1.82, 2.24) is 8.61 Å². The summed E-state index contributed by atoms with van der Waals surface area (Å²) in [6.45, 7) is 5.28. The Hall–Kier alpha value is -1.45. The topological polar surface area (TPSA) is 74.8 Å². The molecule has 1 saturated carbocycles. The van der Waals surface area contributed by atoms with E-state index in [0.717, 1.165) is 37.7 Å². The van der Waals surface area contributed by atoms with Crippen molar-refractivity contribution in [3.8, 4) is 0 Å². The Balaban J connectivity index is 1.62. The smallest absolute Gasteiger partial charge is 0.207 e. The number of halogens is 1. The lowest BCUT2D eigenvalue weighted by Gasteiger charge is -2.34. The summed E-state index contributed by atoms with van der Waals surface area (Å²) in [5, 5.41) is 0.534. The molecule has 0 N–H and O–H groups in total. The Morgan fingerprint density at radius 3 is 2.03 bits per heavy atom. The molecule has 1 heterocycles. The summed E-state index contributed by atoms with van der Waals surface area (Å²) in [6, 6.07) is 12.9. The molecule has 6 nitrogen and oxygen atoms in total. The minimum absolute atomic E-state index is 0.0963. The lowest BCUT2D eigenvalue weighted by molar-refractivity contribution is 0.222. The van der Waals surface area contributed by atoms with Crippen molar-refractivity contribution in [2.24, 2.45) is 11.8 Å². The van der Waals surface area contributed by atoms with Crippen molar-refractivity contribution < 1.29 is 16.8 Å². The highest BCUT2D eigenvalue weighted by Gasteiger charge is 2.35. The first kappa shape index (κ1) is 25.6. The normalized spacial score (nSPS) is 22.9. The summed E-state index contributed by atoms with van der Waals surface area (Å²) in [4.78, 5) is 0.233. The van der Waals surface area contributed by atoms with E-state index in [4.69, 9.17) is 11.6 Å². The Morgan fingerprint density at radius 2 is 1.44 bits per heavy atom. The van der Waals surface area contributed by atoms with Gasteiger partial charge in [-0.2, -0.15) is 8.61 Å². The zero-order valence-electron chi connectivity index (χ0n) is 19.7. The van der Waals surface area contributed by atoms with Gasteiger partial charge in [0.2, 0.25) is 20.0 Å². The third kappa shape index (κ3) is 5.36. The van der Waals surface area contributed by atoms with Crippen molar-refractivity contribution in [3.05, 3.63) is 59.1 Å². The molecule has 9 heteroatoms. The first-order chi connectivity index (χ1) is 16.1. The van der Waals surface area contributed by atoms with Crippen LogP contribution in [0.5, 0.6) is 0 Å². The second-order valence-electron chi connectivity index (χ2n) is 9.82. The van der Waals surface area contributed by atoms with E-state index in [2.05, 4.69) is 13.8 Å². The van der Waals surface area contributed by atoms with Crippen molar-refractivity contribution in [3.63, 3.8) is 0 Å². The highest BCUT2D eigenvalue weighted by molar-refractivity contribution is 7.89. The summed E-state index contributed by atoms with van der Waals surface area (Å²) >= 11 is 6.34. The van der Waals surface area contributed by atoms with Crippen molar-refractivity contribution >= 4 is 31.6 Å². The molecule has 2 aliphatic rings. The van der Waals surface area contributed by atoms with E-state index in [1.807, 2.05) is 18.2 Å². The molecule has 0 aromatic heterocycles. The summed E-state index contributed by atoms with van der Waals surface area (Å²) in [6.07, 6.45) is 4.60. The summed E-state index contributed by atoms with van der Waals surface area (Å²) in [5.74, 6) is 0.589. The first-order valence-corrected chi connectivity index (χ1v) is 15.2. The molecule has 2 aromatic rings. The molecule has 0 bridgehead atoms. The van der Waals surface area contributed by atoms with E-state index in [0.29, 0.717) is 29.9 Å². The molecule has 2 fully saturated rings. The third-order valence-electron chi connectivity index (χ3n) is 6.92. The van der Waals surface area contributed by atoms with E-state index < -0.39 is 20.0 Å². The molecule has 0 radical (unpaired) electrons. The molecule has 1 aliphatic heterocycles. The predicted molar refractivity (Wildman–Crippen MR) is 135 cm³/mol.